The van der Waals surface area contributed by atoms with Crippen LogP contribution in [0.3, 0.4) is 0 Å². The Labute approximate surface area is 193 Å². The van der Waals surface area contributed by atoms with Gasteiger partial charge in [-0.1, -0.05) is 72.8 Å². The Morgan fingerprint density at radius 2 is 1.45 bits per heavy atom. The molecule has 2 atom stereocenters. The lowest BCUT2D eigenvalue weighted by atomic mass is 9.96. The molecule has 2 N–H and O–H groups in total. The predicted octanol–water partition coefficient (Wildman–Crippen LogP) is 3.18. The Morgan fingerprint density at radius 1 is 0.818 bits per heavy atom. The topological polar surface area (TPSA) is 90.0 Å². The fourth-order valence-corrected chi connectivity index (χ4v) is 4.00. The monoisotopic (exact) mass is 447 g/mol. The average molecular weight is 448 g/mol. The first-order valence-corrected chi connectivity index (χ1v) is 10.8. The van der Waals surface area contributed by atoms with Crippen molar-refractivity contribution in [1.29, 1.82) is 0 Å². The van der Waals surface area contributed by atoms with Gasteiger partial charge in [0.15, 0.2) is 0 Å². The van der Waals surface area contributed by atoms with Crippen molar-refractivity contribution in [2.45, 2.75) is 24.9 Å². The molecule has 33 heavy (non-hydrogen) atoms. The highest BCUT2D eigenvalue weighted by atomic mass is 16.4. The maximum Gasteiger partial charge on any atom is 0.407 e. The van der Waals surface area contributed by atoms with E-state index in [1.165, 1.54) is 19.0 Å². The number of likely N-dealkylation sites (N-methyl/N-ethyl adjacent to an activating group) is 3. The molecule has 0 aliphatic carbocycles. The third-order valence-electron chi connectivity index (χ3n) is 5.98. The van der Waals surface area contributed by atoms with Crippen LogP contribution in [0.4, 0.5) is 4.79 Å². The number of nitrogens with zero attached hydrogens (tertiary/aromatic N) is 2. The quantitative estimate of drug-likeness (QED) is 0.555. The molecule has 3 aromatic rings. The van der Waals surface area contributed by atoms with Gasteiger partial charge in [-0.3, -0.25) is 14.5 Å². The van der Waals surface area contributed by atoms with Crippen molar-refractivity contribution in [3.8, 4) is 0 Å². The summed E-state index contributed by atoms with van der Waals surface area (Å²) in [5.74, 6) is -0.742. The lowest BCUT2D eigenvalue weighted by Crippen LogP contribution is -2.55. The summed E-state index contributed by atoms with van der Waals surface area (Å²) < 4.78 is 0. The highest BCUT2D eigenvalue weighted by molar-refractivity contribution is 5.92. The van der Waals surface area contributed by atoms with Crippen LogP contribution in [-0.2, 0) is 22.4 Å². The second kappa shape index (κ2) is 10.6. The van der Waals surface area contributed by atoms with E-state index in [0.29, 0.717) is 6.42 Å². The Morgan fingerprint density at radius 3 is 2.12 bits per heavy atom. The van der Waals surface area contributed by atoms with Crippen molar-refractivity contribution in [2.75, 3.05) is 21.1 Å². The minimum absolute atomic E-state index is 0.194. The predicted molar refractivity (Wildman–Crippen MR) is 128 cm³/mol. The first kappa shape index (κ1) is 23.8. The van der Waals surface area contributed by atoms with Crippen LogP contribution in [0.5, 0.6) is 0 Å². The van der Waals surface area contributed by atoms with Gasteiger partial charge in [-0.15, -0.1) is 0 Å². The molecule has 7 heteroatoms. The number of rotatable bonds is 8. The fraction of sp³-hybridized carbons (Fsp3) is 0.269. The van der Waals surface area contributed by atoms with E-state index >= 15 is 0 Å². The summed E-state index contributed by atoms with van der Waals surface area (Å²) in [5.41, 5.74) is 1.77. The van der Waals surface area contributed by atoms with Crippen LogP contribution in [0.1, 0.15) is 11.1 Å². The van der Waals surface area contributed by atoms with Gasteiger partial charge in [0.05, 0.1) is 0 Å². The van der Waals surface area contributed by atoms with Crippen molar-refractivity contribution < 1.29 is 19.5 Å². The maximum atomic E-state index is 13.6. The summed E-state index contributed by atoms with van der Waals surface area (Å²) in [7, 11) is 4.46. The van der Waals surface area contributed by atoms with E-state index < -0.39 is 24.1 Å². The van der Waals surface area contributed by atoms with E-state index in [1.54, 1.807) is 7.05 Å². The van der Waals surface area contributed by atoms with Crippen molar-refractivity contribution in [2.24, 2.45) is 0 Å². The number of nitrogens with one attached hydrogen (secondary N) is 1. The molecule has 3 aromatic carbocycles. The number of fused-ring (bicyclic) bond motifs is 1. The molecular weight excluding hydrogens is 418 g/mol. The molecular formula is C26H29N3O4. The van der Waals surface area contributed by atoms with Gasteiger partial charge in [-0.25, -0.2) is 4.79 Å². The van der Waals surface area contributed by atoms with Gasteiger partial charge < -0.3 is 15.3 Å². The number of hydrogen-bond donors (Lipinski definition) is 2. The van der Waals surface area contributed by atoms with E-state index in [-0.39, 0.29) is 12.3 Å². The first-order chi connectivity index (χ1) is 15.8. The van der Waals surface area contributed by atoms with Crippen LogP contribution in [0.15, 0.2) is 72.8 Å². The smallest absolute Gasteiger partial charge is 0.407 e. The Hall–Kier alpha value is -3.87. The molecule has 0 saturated heterocycles. The van der Waals surface area contributed by atoms with Crippen LogP contribution in [0.25, 0.3) is 10.8 Å². The summed E-state index contributed by atoms with van der Waals surface area (Å²) in [6.07, 6.45) is -0.693. The standard InChI is InChI=1S/C26H29N3O4/c1-27-24(30)22(16-18-10-5-4-6-11-18)28(2)25(31)23(29(3)26(32)33)17-20-14-9-13-19-12-7-8-15-21(19)20/h4-15,22-23H,16-17H2,1-3H3,(H,27,30)(H,32,33)/t22-,23-/m1/s1. The molecule has 0 aliphatic heterocycles. The van der Waals surface area contributed by atoms with Gasteiger partial charge in [0.25, 0.3) is 0 Å². The summed E-state index contributed by atoms with van der Waals surface area (Å²) in [4.78, 5) is 40.5. The van der Waals surface area contributed by atoms with Crippen LogP contribution >= 0.6 is 0 Å². The van der Waals surface area contributed by atoms with E-state index in [1.807, 2.05) is 72.8 Å². The molecule has 0 saturated carbocycles. The fourth-order valence-electron chi connectivity index (χ4n) is 4.00. The van der Waals surface area contributed by atoms with Gasteiger partial charge >= 0.3 is 6.09 Å². The molecule has 0 spiro atoms. The zero-order valence-corrected chi connectivity index (χ0v) is 19.1. The maximum absolute atomic E-state index is 13.6. The highest BCUT2D eigenvalue weighted by Gasteiger charge is 2.35. The van der Waals surface area contributed by atoms with Crippen molar-refractivity contribution in [3.05, 3.63) is 83.9 Å². The van der Waals surface area contributed by atoms with Crippen LogP contribution in [0, 0.1) is 0 Å². The first-order valence-electron chi connectivity index (χ1n) is 10.8. The molecule has 0 bridgehead atoms. The summed E-state index contributed by atoms with van der Waals surface area (Å²) in [6.45, 7) is 0. The number of carboxylic acid groups (broad SMARTS) is 1. The Balaban J connectivity index is 1.94. The minimum atomic E-state index is -1.21. The van der Waals surface area contributed by atoms with Gasteiger partial charge in [0.1, 0.15) is 12.1 Å². The van der Waals surface area contributed by atoms with Crippen molar-refractivity contribution in [3.63, 3.8) is 0 Å². The Bertz CT molecular complexity index is 1130. The summed E-state index contributed by atoms with van der Waals surface area (Å²) >= 11 is 0. The normalized spacial score (nSPS) is 12.6. The lowest BCUT2D eigenvalue weighted by Gasteiger charge is -2.33. The van der Waals surface area contributed by atoms with Gasteiger partial charge in [-0.05, 0) is 21.9 Å². The zero-order chi connectivity index (χ0) is 24.0. The Kier molecular flexibility index (Phi) is 7.66. The van der Waals surface area contributed by atoms with Gasteiger partial charge in [-0.2, -0.15) is 0 Å². The second-order valence-electron chi connectivity index (χ2n) is 8.02. The highest BCUT2D eigenvalue weighted by Crippen LogP contribution is 2.22. The molecule has 0 heterocycles. The average Bonchev–Trinajstić information content (AvgIpc) is 2.84. The summed E-state index contributed by atoms with van der Waals surface area (Å²) in [5, 5.41) is 14.3. The third kappa shape index (κ3) is 5.49. The number of amides is 3. The summed E-state index contributed by atoms with van der Waals surface area (Å²) in [6, 6.07) is 21.2. The van der Waals surface area contributed by atoms with Crippen molar-refractivity contribution in [1.82, 2.24) is 15.1 Å². The molecule has 3 amide bonds. The number of hydrogen-bond acceptors (Lipinski definition) is 3. The van der Waals surface area contributed by atoms with E-state index in [2.05, 4.69) is 5.32 Å². The van der Waals surface area contributed by atoms with E-state index in [0.717, 1.165) is 26.8 Å². The zero-order valence-electron chi connectivity index (χ0n) is 19.1. The van der Waals surface area contributed by atoms with E-state index in [9.17, 15) is 19.5 Å². The lowest BCUT2D eigenvalue weighted by molar-refractivity contribution is -0.142. The van der Waals surface area contributed by atoms with Gasteiger partial charge in [0.2, 0.25) is 11.8 Å². The SMILES string of the molecule is CNC(=O)[C@@H](Cc1ccccc1)N(C)C(=O)[C@@H](Cc1cccc2ccccc12)N(C)C(=O)O. The van der Waals surface area contributed by atoms with E-state index in [4.69, 9.17) is 0 Å². The molecule has 3 rings (SSSR count). The largest absolute Gasteiger partial charge is 0.465 e. The second-order valence-corrected chi connectivity index (χ2v) is 8.02. The third-order valence-corrected chi connectivity index (χ3v) is 5.98. The van der Waals surface area contributed by atoms with Gasteiger partial charge in [0, 0.05) is 34.0 Å². The molecule has 0 aromatic heterocycles. The number of carbonyl (C=O) groups excluding carboxylic acids is 2. The molecule has 172 valence electrons. The van der Waals surface area contributed by atoms with Crippen LogP contribution in [-0.4, -0.2) is 66.0 Å². The van der Waals surface area contributed by atoms with Crippen molar-refractivity contribution >= 4 is 28.7 Å². The molecule has 0 radical (unpaired) electrons. The molecule has 0 aliphatic rings. The molecule has 0 fully saturated rings. The molecule has 0 unspecified atom stereocenters. The number of carbonyl (C=O) groups is 3. The molecule has 7 nitrogen and oxygen atoms in total. The van der Waals surface area contributed by atoms with Crippen LogP contribution in [0.2, 0.25) is 0 Å². The minimum Gasteiger partial charge on any atom is -0.465 e. The van der Waals surface area contributed by atoms with Crippen LogP contribution < -0.4 is 5.32 Å². The number of benzene rings is 3.